The highest BCUT2D eigenvalue weighted by molar-refractivity contribution is 5.56. The van der Waals surface area contributed by atoms with Crippen LogP contribution in [0.5, 0.6) is 11.5 Å². The Hall–Kier alpha value is -3.61. The molecule has 0 unspecified atom stereocenters. The van der Waals surface area contributed by atoms with E-state index in [-0.39, 0.29) is 0 Å². The van der Waals surface area contributed by atoms with Gasteiger partial charge in [0.1, 0.15) is 12.1 Å². The first-order chi connectivity index (χ1) is 14.2. The summed E-state index contributed by atoms with van der Waals surface area (Å²) in [7, 11) is 3.28. The molecule has 2 aromatic carbocycles. The fourth-order valence-electron chi connectivity index (χ4n) is 3.45. The lowest BCUT2D eigenvalue weighted by Crippen LogP contribution is -2.12. The molecule has 0 aliphatic rings. The van der Waals surface area contributed by atoms with Crippen LogP contribution in [0.2, 0.25) is 0 Å². The number of aromatic nitrogens is 4. The number of fused-ring (bicyclic) bond motifs is 1. The molecule has 0 saturated heterocycles. The maximum Gasteiger partial charge on any atom is 0.254 e. The molecule has 2 heterocycles. The molecule has 0 radical (unpaired) electrons. The number of hydrogen-bond donors (Lipinski definition) is 1. The summed E-state index contributed by atoms with van der Waals surface area (Å²) in [5.74, 6) is 2.86. The molecular formula is C22H23N5O2. The lowest BCUT2D eigenvalue weighted by atomic mass is 10.0. The van der Waals surface area contributed by atoms with Crippen LogP contribution in [-0.2, 0) is 13.0 Å². The number of rotatable bonds is 7. The van der Waals surface area contributed by atoms with Crippen LogP contribution in [0.4, 0.5) is 5.82 Å². The summed E-state index contributed by atoms with van der Waals surface area (Å²) in [5.41, 5.74) is 4.20. The van der Waals surface area contributed by atoms with E-state index in [1.165, 1.54) is 11.9 Å². The van der Waals surface area contributed by atoms with E-state index in [0.29, 0.717) is 23.8 Å². The van der Waals surface area contributed by atoms with Crippen LogP contribution in [-0.4, -0.2) is 33.8 Å². The zero-order valence-electron chi connectivity index (χ0n) is 16.7. The summed E-state index contributed by atoms with van der Waals surface area (Å²) in [6, 6.07) is 16.2. The number of nitrogens with zero attached hydrogens (tertiary/aromatic N) is 4. The maximum atomic E-state index is 5.57. The number of anilines is 1. The molecule has 7 nitrogen and oxygen atoms in total. The van der Waals surface area contributed by atoms with Crippen molar-refractivity contribution in [1.29, 1.82) is 0 Å². The van der Waals surface area contributed by atoms with Gasteiger partial charge in [-0.1, -0.05) is 42.5 Å². The predicted octanol–water partition coefficient (Wildman–Crippen LogP) is 3.65. The highest BCUT2D eigenvalue weighted by Crippen LogP contribution is 2.32. The molecule has 7 heteroatoms. The summed E-state index contributed by atoms with van der Waals surface area (Å²) in [4.78, 5) is 8.87. The average molecular weight is 389 g/mol. The third-order valence-electron chi connectivity index (χ3n) is 4.89. The molecule has 0 aliphatic heterocycles. The zero-order chi connectivity index (χ0) is 20.2. The Morgan fingerprint density at radius 1 is 1.00 bits per heavy atom. The zero-order valence-corrected chi connectivity index (χ0v) is 16.7. The monoisotopic (exact) mass is 389 g/mol. The lowest BCUT2D eigenvalue weighted by Gasteiger charge is -2.17. The van der Waals surface area contributed by atoms with Crippen LogP contribution in [0.1, 0.15) is 22.4 Å². The van der Waals surface area contributed by atoms with Crippen molar-refractivity contribution < 1.29 is 9.47 Å². The van der Waals surface area contributed by atoms with E-state index in [1.807, 2.05) is 43.3 Å². The van der Waals surface area contributed by atoms with E-state index >= 15 is 0 Å². The van der Waals surface area contributed by atoms with Crippen LogP contribution >= 0.6 is 0 Å². The van der Waals surface area contributed by atoms with E-state index < -0.39 is 0 Å². The Morgan fingerprint density at radius 2 is 1.83 bits per heavy atom. The molecule has 0 atom stereocenters. The van der Waals surface area contributed by atoms with Crippen LogP contribution in [0.15, 0.2) is 54.9 Å². The third kappa shape index (κ3) is 3.71. The number of para-hydroxylation sites is 1. The first kappa shape index (κ1) is 18.7. The second kappa shape index (κ2) is 8.18. The number of benzene rings is 2. The molecule has 1 N–H and O–H groups in total. The van der Waals surface area contributed by atoms with Crippen LogP contribution in [0.25, 0.3) is 5.78 Å². The lowest BCUT2D eigenvalue weighted by molar-refractivity contribution is 0.352. The van der Waals surface area contributed by atoms with Crippen molar-refractivity contribution in [3.05, 3.63) is 77.2 Å². The highest BCUT2D eigenvalue weighted by atomic mass is 16.5. The van der Waals surface area contributed by atoms with Gasteiger partial charge in [0, 0.05) is 29.8 Å². The standard InChI is InChI=1S/C22H23N5O2/c1-15-18(12-16-8-5-4-6-9-16)21(27-22(26-15)24-14-25-27)23-13-17-10-7-11-19(28-2)20(17)29-3/h4-11,14,23H,12-13H2,1-3H3. The predicted molar refractivity (Wildman–Crippen MR) is 112 cm³/mol. The van der Waals surface area contributed by atoms with E-state index in [0.717, 1.165) is 29.1 Å². The largest absolute Gasteiger partial charge is 0.493 e. The normalized spacial score (nSPS) is 10.9. The van der Waals surface area contributed by atoms with Gasteiger partial charge in [-0.3, -0.25) is 0 Å². The van der Waals surface area contributed by atoms with Gasteiger partial charge in [0.2, 0.25) is 0 Å². The molecule has 0 aliphatic carbocycles. The van der Waals surface area contributed by atoms with Gasteiger partial charge in [-0.15, -0.1) is 0 Å². The van der Waals surface area contributed by atoms with Gasteiger partial charge < -0.3 is 14.8 Å². The molecular weight excluding hydrogens is 366 g/mol. The van der Waals surface area contributed by atoms with Gasteiger partial charge in [0.05, 0.1) is 14.2 Å². The van der Waals surface area contributed by atoms with E-state index in [4.69, 9.17) is 9.47 Å². The van der Waals surface area contributed by atoms with E-state index in [2.05, 4.69) is 32.5 Å². The molecule has 4 aromatic rings. The van der Waals surface area contributed by atoms with E-state index in [1.54, 1.807) is 18.7 Å². The summed E-state index contributed by atoms with van der Waals surface area (Å²) in [6.45, 7) is 2.55. The van der Waals surface area contributed by atoms with Crippen molar-refractivity contribution in [1.82, 2.24) is 19.6 Å². The molecule has 0 spiro atoms. The number of aryl methyl sites for hydroxylation is 1. The highest BCUT2D eigenvalue weighted by Gasteiger charge is 2.16. The van der Waals surface area contributed by atoms with Crippen molar-refractivity contribution >= 4 is 11.6 Å². The van der Waals surface area contributed by atoms with Gasteiger partial charge in [0.25, 0.3) is 5.78 Å². The first-order valence-electron chi connectivity index (χ1n) is 9.38. The molecule has 0 bridgehead atoms. The van der Waals surface area contributed by atoms with Gasteiger partial charge >= 0.3 is 0 Å². The SMILES string of the molecule is COc1cccc(CNc2c(Cc3ccccc3)c(C)nc3ncnn23)c1OC. The number of methoxy groups -OCH3 is 2. The number of nitrogens with one attached hydrogen (secondary N) is 1. The van der Waals surface area contributed by atoms with Crippen LogP contribution in [0.3, 0.4) is 0 Å². The minimum Gasteiger partial charge on any atom is -0.493 e. The molecule has 0 amide bonds. The van der Waals surface area contributed by atoms with Crippen molar-refractivity contribution in [3.8, 4) is 11.5 Å². The van der Waals surface area contributed by atoms with Gasteiger partial charge in [-0.05, 0) is 18.6 Å². The summed E-state index contributed by atoms with van der Waals surface area (Å²) in [5, 5.41) is 7.91. The Kier molecular flexibility index (Phi) is 5.29. The minimum absolute atomic E-state index is 0.542. The Bertz CT molecular complexity index is 1120. The van der Waals surface area contributed by atoms with Gasteiger partial charge in [-0.2, -0.15) is 14.6 Å². The second-order valence-corrected chi connectivity index (χ2v) is 6.66. The summed E-state index contributed by atoms with van der Waals surface area (Å²) >= 11 is 0. The van der Waals surface area contributed by atoms with Gasteiger partial charge in [-0.25, -0.2) is 4.98 Å². The molecule has 0 saturated carbocycles. The van der Waals surface area contributed by atoms with Gasteiger partial charge in [0.15, 0.2) is 11.5 Å². The topological polar surface area (TPSA) is 73.6 Å². The Balaban J connectivity index is 1.73. The maximum absolute atomic E-state index is 5.57. The number of ether oxygens (including phenoxy) is 2. The third-order valence-corrected chi connectivity index (χ3v) is 4.89. The smallest absolute Gasteiger partial charge is 0.254 e. The molecule has 4 rings (SSSR count). The van der Waals surface area contributed by atoms with E-state index in [9.17, 15) is 0 Å². The van der Waals surface area contributed by atoms with Crippen LogP contribution in [0, 0.1) is 6.92 Å². The van der Waals surface area contributed by atoms with Crippen molar-refractivity contribution in [3.63, 3.8) is 0 Å². The molecule has 29 heavy (non-hydrogen) atoms. The van der Waals surface area contributed by atoms with Crippen molar-refractivity contribution in [2.45, 2.75) is 19.9 Å². The first-order valence-corrected chi connectivity index (χ1v) is 9.38. The number of hydrogen-bond acceptors (Lipinski definition) is 6. The second-order valence-electron chi connectivity index (χ2n) is 6.66. The van der Waals surface area contributed by atoms with Crippen molar-refractivity contribution in [2.24, 2.45) is 0 Å². The fourth-order valence-corrected chi connectivity index (χ4v) is 3.45. The van der Waals surface area contributed by atoms with Crippen LogP contribution < -0.4 is 14.8 Å². The molecule has 148 valence electrons. The average Bonchev–Trinajstić information content (AvgIpc) is 3.21. The van der Waals surface area contributed by atoms with Crippen molar-refractivity contribution in [2.75, 3.05) is 19.5 Å². The molecule has 0 fully saturated rings. The minimum atomic E-state index is 0.542. The quantitative estimate of drug-likeness (QED) is 0.520. The summed E-state index contributed by atoms with van der Waals surface area (Å²) < 4.78 is 12.7. The fraction of sp³-hybridized carbons (Fsp3) is 0.227. The summed E-state index contributed by atoms with van der Waals surface area (Å²) in [6.07, 6.45) is 2.26. The Labute approximate surface area is 169 Å². The molecule has 2 aromatic heterocycles. The Morgan fingerprint density at radius 3 is 2.59 bits per heavy atom.